The molecular weight excluding hydrogens is 294 g/mol. The maximum absolute atomic E-state index is 11.1. The molecule has 0 fully saturated rings. The molecule has 3 nitrogen and oxygen atoms in total. The van der Waals surface area contributed by atoms with Gasteiger partial charge in [-0.2, -0.15) is 0 Å². The molecule has 0 bridgehead atoms. The Bertz CT molecular complexity index is 314. The molecule has 0 aliphatic carbocycles. The zero-order valence-electron chi connectivity index (χ0n) is 14.2. The van der Waals surface area contributed by atoms with Crippen molar-refractivity contribution in [3.63, 3.8) is 0 Å². The molecule has 128 valence electrons. The Labute approximate surface area is 141 Å². The normalized spacial score (nSPS) is 11.9. The molecule has 0 amide bonds. The molecule has 0 radical (unpaired) electrons. The van der Waals surface area contributed by atoms with Crippen molar-refractivity contribution in [1.29, 1.82) is 0 Å². The van der Waals surface area contributed by atoms with Crippen LogP contribution in [0.3, 0.4) is 0 Å². The van der Waals surface area contributed by atoms with Gasteiger partial charge in [0, 0.05) is 0 Å². The molecule has 0 aliphatic rings. The minimum absolute atomic E-state index is 0.273. The minimum Gasteiger partial charge on any atom is -0.481 e. The summed E-state index contributed by atoms with van der Waals surface area (Å²) < 4.78 is 0. The predicted molar refractivity (Wildman–Crippen MR) is 96.7 cm³/mol. The lowest BCUT2D eigenvalue weighted by atomic mass is 9.97. The molecule has 0 aromatic carbocycles. The van der Waals surface area contributed by atoms with E-state index in [0.717, 1.165) is 19.3 Å². The summed E-state index contributed by atoms with van der Waals surface area (Å²) in [5, 5.41) is 11.4. The van der Waals surface area contributed by atoms with Gasteiger partial charge in [0.05, 0.1) is 17.6 Å². The number of isothiocyanates is 1. The average molecular weight is 328 g/mol. The third-order valence-corrected chi connectivity index (χ3v) is 4.29. The number of thiocarbonyl (C=S) groups is 1. The number of aliphatic imine (C=N–C) groups is 1. The van der Waals surface area contributed by atoms with E-state index in [9.17, 15) is 4.79 Å². The van der Waals surface area contributed by atoms with E-state index in [0.29, 0.717) is 13.0 Å². The van der Waals surface area contributed by atoms with Crippen molar-refractivity contribution in [2.24, 2.45) is 10.9 Å². The first-order chi connectivity index (χ1) is 10.7. The molecule has 0 saturated heterocycles. The Morgan fingerprint density at radius 1 is 0.955 bits per heavy atom. The summed E-state index contributed by atoms with van der Waals surface area (Å²) in [7, 11) is 0. The molecular formula is C18H33NO2S. The Morgan fingerprint density at radius 3 is 1.91 bits per heavy atom. The van der Waals surface area contributed by atoms with Crippen molar-refractivity contribution >= 4 is 23.3 Å². The summed E-state index contributed by atoms with van der Waals surface area (Å²) >= 11 is 4.49. The minimum atomic E-state index is -0.702. The van der Waals surface area contributed by atoms with Gasteiger partial charge in [-0.05, 0) is 25.1 Å². The van der Waals surface area contributed by atoms with Crippen LogP contribution in [-0.2, 0) is 4.79 Å². The van der Waals surface area contributed by atoms with Gasteiger partial charge in [0.2, 0.25) is 0 Å². The zero-order valence-corrected chi connectivity index (χ0v) is 15.0. The highest BCUT2D eigenvalue weighted by molar-refractivity contribution is 7.78. The Morgan fingerprint density at radius 2 is 1.45 bits per heavy atom. The Balaban J connectivity index is 3.42. The second-order valence-corrected chi connectivity index (χ2v) is 6.30. The van der Waals surface area contributed by atoms with Gasteiger partial charge in [0.15, 0.2) is 0 Å². The highest BCUT2D eigenvalue weighted by Crippen LogP contribution is 2.16. The summed E-state index contributed by atoms with van der Waals surface area (Å²) in [4.78, 5) is 14.9. The van der Waals surface area contributed by atoms with Crippen LogP contribution in [0, 0.1) is 5.92 Å². The van der Waals surface area contributed by atoms with Crippen LogP contribution < -0.4 is 0 Å². The van der Waals surface area contributed by atoms with E-state index in [2.05, 4.69) is 29.3 Å². The van der Waals surface area contributed by atoms with Crippen molar-refractivity contribution < 1.29 is 9.90 Å². The van der Waals surface area contributed by atoms with Gasteiger partial charge < -0.3 is 5.11 Å². The van der Waals surface area contributed by atoms with E-state index < -0.39 is 5.97 Å². The van der Waals surface area contributed by atoms with Gasteiger partial charge in [-0.15, -0.1) is 0 Å². The first kappa shape index (κ1) is 21.3. The molecule has 0 aliphatic heterocycles. The smallest absolute Gasteiger partial charge is 0.306 e. The number of unbranched alkanes of at least 4 members (excludes halogenated alkanes) is 10. The average Bonchev–Trinajstić information content (AvgIpc) is 2.50. The lowest BCUT2D eigenvalue weighted by Crippen LogP contribution is -2.14. The second kappa shape index (κ2) is 16.6. The van der Waals surface area contributed by atoms with Gasteiger partial charge in [-0.1, -0.05) is 77.6 Å². The number of hydrogen-bond acceptors (Lipinski definition) is 3. The van der Waals surface area contributed by atoms with Crippen molar-refractivity contribution in [3.05, 3.63) is 0 Å². The van der Waals surface area contributed by atoms with Crippen molar-refractivity contribution in [1.82, 2.24) is 0 Å². The van der Waals surface area contributed by atoms with Crippen LogP contribution in [0.5, 0.6) is 0 Å². The van der Waals surface area contributed by atoms with E-state index in [-0.39, 0.29) is 5.92 Å². The topological polar surface area (TPSA) is 49.7 Å². The van der Waals surface area contributed by atoms with Crippen LogP contribution in [0.25, 0.3) is 0 Å². The highest BCUT2D eigenvalue weighted by atomic mass is 32.1. The lowest BCUT2D eigenvalue weighted by molar-refractivity contribution is -0.142. The number of carboxylic acids is 1. The fourth-order valence-electron chi connectivity index (χ4n) is 2.71. The number of hydrogen-bond donors (Lipinski definition) is 1. The van der Waals surface area contributed by atoms with Crippen LogP contribution in [0.4, 0.5) is 0 Å². The molecule has 0 aromatic heterocycles. The number of aliphatic carboxylic acids is 1. The maximum Gasteiger partial charge on any atom is 0.306 e. The summed E-state index contributed by atoms with van der Waals surface area (Å²) in [5.74, 6) is -0.975. The monoisotopic (exact) mass is 327 g/mol. The molecule has 0 aromatic rings. The second-order valence-electron chi connectivity index (χ2n) is 6.12. The largest absolute Gasteiger partial charge is 0.481 e. The maximum atomic E-state index is 11.1. The summed E-state index contributed by atoms with van der Waals surface area (Å²) in [6.45, 7) is 2.73. The standard InChI is InChI=1S/C18H33NO2S/c1-2-3-4-5-6-7-8-9-10-11-12-13-17(18(20)21)14-15-19-16-22/h17H,2-15H2,1H3,(H,20,21). The number of carboxylic acid groups (broad SMARTS) is 1. The van der Waals surface area contributed by atoms with Crippen molar-refractivity contribution in [2.75, 3.05) is 6.54 Å². The summed E-state index contributed by atoms with van der Waals surface area (Å²) in [6.07, 6.45) is 15.6. The first-order valence-corrected chi connectivity index (χ1v) is 9.39. The third kappa shape index (κ3) is 14.2. The van der Waals surface area contributed by atoms with Crippen LogP contribution in [0.2, 0.25) is 0 Å². The van der Waals surface area contributed by atoms with Gasteiger partial charge in [0.1, 0.15) is 0 Å². The fourth-order valence-corrected chi connectivity index (χ4v) is 2.80. The van der Waals surface area contributed by atoms with Crippen molar-refractivity contribution in [2.45, 2.75) is 90.4 Å². The number of carbonyl (C=O) groups is 1. The number of rotatable bonds is 16. The highest BCUT2D eigenvalue weighted by Gasteiger charge is 2.15. The first-order valence-electron chi connectivity index (χ1n) is 8.98. The molecule has 0 heterocycles. The molecule has 22 heavy (non-hydrogen) atoms. The summed E-state index contributed by atoms with van der Waals surface area (Å²) in [6, 6.07) is 0. The molecule has 0 saturated carbocycles. The predicted octanol–water partition coefficient (Wildman–Crippen LogP) is 5.88. The van der Waals surface area contributed by atoms with Crippen LogP contribution in [0.1, 0.15) is 90.4 Å². The SMILES string of the molecule is CCCCCCCCCCCCCC(CCN=C=S)C(=O)O. The lowest BCUT2D eigenvalue weighted by Gasteiger charge is -2.10. The molecule has 1 N–H and O–H groups in total. The Hall–Kier alpha value is -0.730. The van der Waals surface area contributed by atoms with E-state index >= 15 is 0 Å². The quantitative estimate of drug-likeness (QED) is 0.219. The van der Waals surface area contributed by atoms with Crippen LogP contribution in [-0.4, -0.2) is 22.8 Å². The van der Waals surface area contributed by atoms with Gasteiger partial charge in [-0.3, -0.25) is 4.79 Å². The van der Waals surface area contributed by atoms with E-state index in [1.54, 1.807) is 0 Å². The summed E-state index contributed by atoms with van der Waals surface area (Å²) in [5.41, 5.74) is 0. The van der Waals surface area contributed by atoms with Gasteiger partial charge in [-0.25, -0.2) is 4.99 Å². The van der Waals surface area contributed by atoms with E-state index in [4.69, 9.17) is 5.11 Å². The van der Waals surface area contributed by atoms with E-state index in [1.165, 1.54) is 57.8 Å². The molecule has 4 heteroatoms. The van der Waals surface area contributed by atoms with E-state index in [1.807, 2.05) is 0 Å². The molecule has 1 atom stereocenters. The molecule has 1 unspecified atom stereocenters. The number of nitrogens with zero attached hydrogens (tertiary/aromatic N) is 1. The Kier molecular flexibility index (Phi) is 16.1. The van der Waals surface area contributed by atoms with Crippen LogP contribution in [0.15, 0.2) is 4.99 Å². The van der Waals surface area contributed by atoms with Crippen molar-refractivity contribution in [3.8, 4) is 0 Å². The van der Waals surface area contributed by atoms with Crippen LogP contribution >= 0.6 is 12.2 Å². The zero-order chi connectivity index (χ0) is 16.5. The fraction of sp³-hybridized carbons (Fsp3) is 0.889. The molecule has 0 spiro atoms. The third-order valence-electron chi connectivity index (χ3n) is 4.16. The van der Waals surface area contributed by atoms with Gasteiger partial charge >= 0.3 is 5.97 Å². The molecule has 0 rings (SSSR count). The van der Waals surface area contributed by atoms with Gasteiger partial charge in [0.25, 0.3) is 0 Å².